The van der Waals surface area contributed by atoms with Gasteiger partial charge in [0, 0.05) is 31.4 Å². The van der Waals surface area contributed by atoms with Gasteiger partial charge in [-0.25, -0.2) is 9.18 Å². The molecule has 2 fully saturated rings. The number of hydrogen-bond acceptors (Lipinski definition) is 6. The van der Waals surface area contributed by atoms with Gasteiger partial charge in [-0.05, 0) is 100 Å². The zero-order chi connectivity index (χ0) is 29.6. The molecule has 1 amide bonds. The van der Waals surface area contributed by atoms with E-state index >= 15 is 0 Å². The van der Waals surface area contributed by atoms with Crippen LogP contribution in [0.1, 0.15) is 45.6 Å². The number of rotatable bonds is 11. The number of piperidine rings is 1. The Morgan fingerprint density at radius 2 is 1.73 bits per heavy atom. The van der Waals surface area contributed by atoms with E-state index in [1.165, 1.54) is 24.4 Å². The van der Waals surface area contributed by atoms with Crippen LogP contribution in [0.3, 0.4) is 0 Å². The summed E-state index contributed by atoms with van der Waals surface area (Å²) in [5.41, 5.74) is 3.16. The first-order valence-electron chi connectivity index (χ1n) is 14.0. The summed E-state index contributed by atoms with van der Waals surface area (Å²) < 4.78 is 25.7. The molecule has 0 atom stereocenters. The maximum atomic E-state index is 13.6. The van der Waals surface area contributed by atoms with E-state index in [1.807, 2.05) is 26.0 Å². The molecule has 0 radical (unpaired) electrons. The first kappa shape index (κ1) is 30.0. The van der Waals surface area contributed by atoms with Crippen LogP contribution in [0.15, 0.2) is 64.9 Å². The second kappa shape index (κ2) is 13.1. The third kappa shape index (κ3) is 7.03. The van der Waals surface area contributed by atoms with E-state index < -0.39 is 5.97 Å². The number of ether oxygens (including phenoxy) is 2. The van der Waals surface area contributed by atoms with E-state index in [2.05, 4.69) is 16.6 Å². The normalized spacial score (nSPS) is 17.7. The zero-order valence-corrected chi connectivity index (χ0v) is 24.0. The molecule has 41 heavy (non-hydrogen) atoms. The molecule has 2 aliphatic heterocycles. The topological polar surface area (TPSA) is 91.7 Å². The molecule has 1 N–H and O–H groups in total. The molecule has 1 spiro atoms. The lowest BCUT2D eigenvalue weighted by Gasteiger charge is -2.39. The van der Waals surface area contributed by atoms with Crippen LogP contribution in [-0.2, 0) is 16.1 Å². The molecule has 0 bridgehead atoms. The van der Waals surface area contributed by atoms with Crippen molar-refractivity contribution in [2.24, 2.45) is 10.4 Å². The highest BCUT2D eigenvalue weighted by Crippen LogP contribution is 2.44. The maximum absolute atomic E-state index is 13.6. The Kier molecular flexibility index (Phi) is 9.60. The van der Waals surface area contributed by atoms with Crippen molar-refractivity contribution in [3.63, 3.8) is 0 Å². The fraction of sp³-hybridized carbons (Fsp3) is 0.406. The van der Waals surface area contributed by atoms with Crippen LogP contribution in [-0.4, -0.2) is 66.3 Å². The van der Waals surface area contributed by atoms with Gasteiger partial charge in [0.05, 0.1) is 24.4 Å². The number of carboxylic acids is 1. The van der Waals surface area contributed by atoms with E-state index in [0.29, 0.717) is 49.9 Å². The Morgan fingerprint density at radius 3 is 2.27 bits per heavy atom. The number of carbonyl (C=O) groups excluding carboxylic acids is 1. The summed E-state index contributed by atoms with van der Waals surface area (Å²) in [5.74, 6) is 0.0116. The molecule has 0 saturated carbocycles. The number of allylic oxidation sites excluding steroid dienone is 1. The second-order valence-corrected chi connectivity index (χ2v) is 10.6. The average Bonchev–Trinajstić information content (AvgIpc) is 3.26. The third-order valence-electron chi connectivity index (χ3n) is 7.77. The zero-order valence-electron chi connectivity index (χ0n) is 24.0. The van der Waals surface area contributed by atoms with Crippen molar-refractivity contribution in [3.05, 3.63) is 71.3 Å². The van der Waals surface area contributed by atoms with Gasteiger partial charge in [-0.15, -0.1) is 0 Å². The lowest BCUT2D eigenvalue weighted by Crippen LogP contribution is -2.41. The summed E-state index contributed by atoms with van der Waals surface area (Å²) >= 11 is 0. The van der Waals surface area contributed by atoms with Crippen molar-refractivity contribution < 1.29 is 28.6 Å². The smallest absolute Gasteiger partial charge is 0.337 e. The molecule has 0 aromatic heterocycles. The largest absolute Gasteiger partial charge is 0.493 e. The van der Waals surface area contributed by atoms with Gasteiger partial charge in [0.25, 0.3) is 0 Å². The van der Waals surface area contributed by atoms with Crippen LogP contribution in [0.2, 0.25) is 0 Å². The van der Waals surface area contributed by atoms with Gasteiger partial charge in [-0.2, -0.15) is 0 Å². The van der Waals surface area contributed by atoms with Crippen molar-refractivity contribution in [1.29, 1.82) is 0 Å². The van der Waals surface area contributed by atoms with Gasteiger partial charge in [0.2, 0.25) is 5.91 Å². The lowest BCUT2D eigenvalue weighted by atomic mass is 9.77. The van der Waals surface area contributed by atoms with Gasteiger partial charge in [0.1, 0.15) is 17.3 Å². The second-order valence-electron chi connectivity index (χ2n) is 10.6. The highest BCUT2D eigenvalue weighted by atomic mass is 19.1. The number of benzene rings is 2. The van der Waals surface area contributed by atoms with Crippen LogP contribution in [0.4, 0.5) is 4.39 Å². The van der Waals surface area contributed by atoms with Gasteiger partial charge >= 0.3 is 5.97 Å². The summed E-state index contributed by atoms with van der Waals surface area (Å²) in [4.78, 5) is 32.1. The van der Waals surface area contributed by atoms with Gasteiger partial charge in [-0.3, -0.25) is 14.7 Å². The minimum absolute atomic E-state index is 0.00985. The standard InChI is InChI=1S/C32H38FN3O5/c1-5-40-27-16-23(17-28(41-6-2)30(27)24-7-9-26(33)10-8-24)20-35-13-11-32(12-14-35)18-29(37)36(21-32)22(3)15-25(19-34-4)31(38)39/h7-10,15-17,19H,4-6,11-14,18,20-21H2,1-3H3,(H,38,39). The molecule has 4 rings (SSSR count). The van der Waals surface area contributed by atoms with Crippen LogP contribution in [0, 0.1) is 11.2 Å². The summed E-state index contributed by atoms with van der Waals surface area (Å²) in [6, 6.07) is 10.4. The quantitative estimate of drug-likeness (QED) is 0.215. The summed E-state index contributed by atoms with van der Waals surface area (Å²) in [7, 11) is 0. The summed E-state index contributed by atoms with van der Waals surface area (Å²) in [5, 5.41) is 9.39. The van der Waals surface area contributed by atoms with Crippen LogP contribution >= 0.6 is 0 Å². The molecule has 2 heterocycles. The number of likely N-dealkylation sites (tertiary alicyclic amines) is 2. The fourth-order valence-corrected chi connectivity index (χ4v) is 5.73. The van der Waals surface area contributed by atoms with Crippen molar-refractivity contribution in [2.45, 2.75) is 46.6 Å². The molecular weight excluding hydrogens is 525 g/mol. The highest BCUT2D eigenvalue weighted by molar-refractivity contribution is 5.90. The number of carboxylic acid groups (broad SMARTS) is 1. The Hall–Kier alpha value is -3.98. The van der Waals surface area contributed by atoms with Crippen LogP contribution < -0.4 is 9.47 Å². The number of nitrogens with zero attached hydrogens (tertiary/aromatic N) is 3. The Labute approximate surface area is 240 Å². The molecule has 2 saturated heterocycles. The molecule has 0 unspecified atom stereocenters. The predicted octanol–water partition coefficient (Wildman–Crippen LogP) is 5.68. The third-order valence-corrected chi connectivity index (χ3v) is 7.77. The minimum atomic E-state index is -1.11. The summed E-state index contributed by atoms with van der Waals surface area (Å²) in [6.07, 6.45) is 4.84. The molecule has 2 aliphatic rings. The van der Waals surface area contributed by atoms with Gasteiger partial charge in [-0.1, -0.05) is 12.1 Å². The van der Waals surface area contributed by atoms with Crippen LogP contribution in [0.5, 0.6) is 11.5 Å². The molecule has 9 heteroatoms. The van der Waals surface area contributed by atoms with E-state index in [0.717, 1.165) is 42.6 Å². The van der Waals surface area contributed by atoms with Crippen LogP contribution in [0.25, 0.3) is 11.1 Å². The Balaban J connectivity index is 1.48. The number of aliphatic imine (C=N–C) groups is 1. The monoisotopic (exact) mass is 563 g/mol. The lowest BCUT2D eigenvalue weighted by molar-refractivity contribution is -0.132. The molecule has 2 aromatic rings. The van der Waals surface area contributed by atoms with E-state index in [4.69, 9.17) is 9.47 Å². The Morgan fingerprint density at radius 1 is 1.12 bits per heavy atom. The average molecular weight is 564 g/mol. The number of amides is 1. The predicted molar refractivity (Wildman–Crippen MR) is 156 cm³/mol. The van der Waals surface area contributed by atoms with E-state index in [1.54, 1.807) is 24.0 Å². The van der Waals surface area contributed by atoms with Gasteiger partial charge < -0.3 is 19.5 Å². The summed E-state index contributed by atoms with van der Waals surface area (Å²) in [6.45, 7) is 12.9. The first-order chi connectivity index (χ1) is 19.7. The maximum Gasteiger partial charge on any atom is 0.337 e. The number of carbonyl (C=O) groups is 2. The van der Waals surface area contributed by atoms with E-state index in [9.17, 15) is 19.1 Å². The van der Waals surface area contributed by atoms with Crippen molar-refractivity contribution >= 4 is 18.6 Å². The molecule has 2 aromatic carbocycles. The Bertz CT molecular complexity index is 1320. The molecular formula is C32H38FN3O5. The highest BCUT2D eigenvalue weighted by Gasteiger charge is 2.45. The molecule has 0 aliphatic carbocycles. The van der Waals surface area contributed by atoms with Crippen molar-refractivity contribution in [3.8, 4) is 22.6 Å². The van der Waals surface area contributed by atoms with Crippen molar-refractivity contribution in [1.82, 2.24) is 9.80 Å². The SMILES string of the molecule is C=NC=C(C=C(C)N1CC2(CCN(Cc3cc(OCC)c(-c4ccc(F)cc4)c(OCC)c3)CC2)CC1=O)C(=O)O. The van der Waals surface area contributed by atoms with Gasteiger partial charge in [0.15, 0.2) is 0 Å². The first-order valence-corrected chi connectivity index (χ1v) is 14.0. The van der Waals surface area contributed by atoms with Crippen molar-refractivity contribution in [2.75, 3.05) is 32.8 Å². The minimum Gasteiger partial charge on any atom is -0.493 e. The molecule has 218 valence electrons. The molecule has 8 nitrogen and oxygen atoms in total. The fourth-order valence-electron chi connectivity index (χ4n) is 5.73. The number of hydrogen-bond donors (Lipinski definition) is 1. The number of halogens is 1. The van der Waals surface area contributed by atoms with E-state index in [-0.39, 0.29) is 22.7 Å². The number of aliphatic carboxylic acids is 1.